The van der Waals surface area contributed by atoms with E-state index in [4.69, 9.17) is 0 Å². The van der Waals surface area contributed by atoms with Crippen LogP contribution in [0.3, 0.4) is 0 Å². The van der Waals surface area contributed by atoms with Crippen molar-refractivity contribution in [2.45, 2.75) is 32.6 Å². The summed E-state index contributed by atoms with van der Waals surface area (Å²) in [6, 6.07) is 0. The average molecular weight is 174 g/mol. The first-order valence-corrected chi connectivity index (χ1v) is 6.03. The van der Waals surface area contributed by atoms with Crippen molar-refractivity contribution in [1.29, 1.82) is 0 Å². The normalized spacial score (nSPS) is 61.5. The highest BCUT2D eigenvalue weighted by molar-refractivity contribution is 5.26. The summed E-state index contributed by atoms with van der Waals surface area (Å²) >= 11 is 0. The van der Waals surface area contributed by atoms with Gasteiger partial charge in [-0.15, -0.1) is 0 Å². The van der Waals surface area contributed by atoms with Crippen LogP contribution in [0, 0.1) is 35.5 Å². The molecule has 0 radical (unpaired) electrons. The maximum Gasteiger partial charge on any atom is -0.0146 e. The number of fused-ring (bicyclic) bond motifs is 1. The molecule has 0 heterocycles. The van der Waals surface area contributed by atoms with E-state index in [0.717, 1.165) is 29.6 Å². The van der Waals surface area contributed by atoms with Gasteiger partial charge < -0.3 is 0 Å². The SMILES string of the molecule is CC1CC2CC=C3CC2C2CC2C31. The Labute approximate surface area is 80.4 Å². The van der Waals surface area contributed by atoms with Gasteiger partial charge in [0.2, 0.25) is 0 Å². The Bertz CT molecular complexity index is 288. The second-order valence-corrected chi connectivity index (χ2v) is 5.94. The van der Waals surface area contributed by atoms with E-state index in [1.165, 1.54) is 18.8 Å². The standard InChI is InChI=1S/C13H18/c1-7-4-8-2-3-9-5-10(8)11-6-12(11)13(7)9/h3,7-8,10-13H,2,4-6H2,1H3. The summed E-state index contributed by atoms with van der Waals surface area (Å²) in [5.41, 5.74) is 1.88. The molecule has 4 saturated carbocycles. The van der Waals surface area contributed by atoms with Crippen molar-refractivity contribution in [3.8, 4) is 0 Å². The van der Waals surface area contributed by atoms with Gasteiger partial charge in [-0.3, -0.25) is 0 Å². The summed E-state index contributed by atoms with van der Waals surface area (Å²) in [6.45, 7) is 2.51. The second-order valence-electron chi connectivity index (χ2n) is 5.94. The second kappa shape index (κ2) is 2.04. The molecule has 4 bridgehead atoms. The Kier molecular flexibility index (Phi) is 1.11. The molecule has 4 fully saturated rings. The lowest BCUT2D eigenvalue weighted by molar-refractivity contribution is 0.260. The van der Waals surface area contributed by atoms with Gasteiger partial charge in [-0.2, -0.15) is 0 Å². The molecule has 0 spiro atoms. The minimum absolute atomic E-state index is 1.02. The van der Waals surface area contributed by atoms with Gasteiger partial charge in [-0.25, -0.2) is 0 Å². The summed E-state index contributed by atoms with van der Waals surface area (Å²) in [5, 5.41) is 0. The van der Waals surface area contributed by atoms with Crippen LogP contribution in [0.5, 0.6) is 0 Å². The van der Waals surface area contributed by atoms with E-state index in [-0.39, 0.29) is 0 Å². The average Bonchev–Trinajstić information content (AvgIpc) is 2.86. The van der Waals surface area contributed by atoms with E-state index in [1.807, 2.05) is 5.57 Å². The van der Waals surface area contributed by atoms with Crippen molar-refractivity contribution in [3.63, 3.8) is 0 Å². The first kappa shape index (κ1) is 7.09. The molecule has 13 heavy (non-hydrogen) atoms. The van der Waals surface area contributed by atoms with E-state index in [1.54, 1.807) is 12.8 Å². The van der Waals surface area contributed by atoms with Crippen molar-refractivity contribution in [1.82, 2.24) is 0 Å². The quantitative estimate of drug-likeness (QED) is 0.494. The number of hydrogen-bond donors (Lipinski definition) is 0. The maximum absolute atomic E-state index is 2.61. The highest BCUT2D eigenvalue weighted by Gasteiger charge is 2.58. The molecule has 0 aromatic carbocycles. The van der Waals surface area contributed by atoms with Crippen LogP contribution in [-0.4, -0.2) is 0 Å². The molecule has 0 saturated heterocycles. The topological polar surface area (TPSA) is 0 Å². The van der Waals surface area contributed by atoms with Gasteiger partial charge in [0.25, 0.3) is 0 Å². The molecule has 6 unspecified atom stereocenters. The molecule has 0 aromatic heterocycles. The predicted molar refractivity (Wildman–Crippen MR) is 53.2 cm³/mol. The fraction of sp³-hybridized carbons (Fsp3) is 0.846. The monoisotopic (exact) mass is 174 g/mol. The Morgan fingerprint density at radius 2 is 2.08 bits per heavy atom. The van der Waals surface area contributed by atoms with Gasteiger partial charge in [0.15, 0.2) is 0 Å². The summed E-state index contributed by atoms with van der Waals surface area (Å²) < 4.78 is 0. The summed E-state index contributed by atoms with van der Waals surface area (Å²) in [6.07, 6.45) is 8.69. The molecule has 6 rings (SSSR count). The van der Waals surface area contributed by atoms with E-state index < -0.39 is 0 Å². The predicted octanol–water partition coefficient (Wildman–Crippen LogP) is 3.24. The van der Waals surface area contributed by atoms with Gasteiger partial charge in [0.1, 0.15) is 0 Å². The molecular formula is C13H18. The highest BCUT2D eigenvalue weighted by atomic mass is 14.6. The molecule has 0 nitrogen and oxygen atoms in total. The van der Waals surface area contributed by atoms with Gasteiger partial charge >= 0.3 is 0 Å². The molecule has 0 aliphatic heterocycles. The van der Waals surface area contributed by atoms with Crippen LogP contribution in [0.15, 0.2) is 11.6 Å². The lowest BCUT2D eigenvalue weighted by Gasteiger charge is -2.33. The first-order valence-electron chi connectivity index (χ1n) is 6.03. The van der Waals surface area contributed by atoms with Crippen molar-refractivity contribution in [2.24, 2.45) is 35.5 Å². The Morgan fingerprint density at radius 1 is 1.15 bits per heavy atom. The molecule has 0 N–H and O–H groups in total. The van der Waals surface area contributed by atoms with E-state index in [2.05, 4.69) is 13.0 Å². The largest absolute Gasteiger partial charge is 0.0847 e. The number of hydrogen-bond acceptors (Lipinski definition) is 0. The third-order valence-electron chi connectivity index (χ3n) is 5.38. The zero-order valence-electron chi connectivity index (χ0n) is 8.37. The van der Waals surface area contributed by atoms with Crippen LogP contribution in [0.25, 0.3) is 0 Å². The van der Waals surface area contributed by atoms with Crippen molar-refractivity contribution < 1.29 is 0 Å². The summed E-state index contributed by atoms with van der Waals surface area (Å²) in [4.78, 5) is 0. The zero-order chi connectivity index (χ0) is 8.58. The fourth-order valence-electron chi connectivity index (χ4n) is 4.87. The molecule has 70 valence electrons. The third-order valence-corrected chi connectivity index (χ3v) is 5.38. The first-order chi connectivity index (χ1) is 6.34. The van der Waals surface area contributed by atoms with E-state index in [0.29, 0.717) is 0 Å². The molecular weight excluding hydrogens is 156 g/mol. The van der Waals surface area contributed by atoms with Gasteiger partial charge in [-0.1, -0.05) is 18.6 Å². The smallest absolute Gasteiger partial charge is 0.0146 e. The van der Waals surface area contributed by atoms with Crippen LogP contribution < -0.4 is 0 Å². The number of rotatable bonds is 0. The van der Waals surface area contributed by atoms with Crippen LogP contribution >= 0.6 is 0 Å². The van der Waals surface area contributed by atoms with Crippen LogP contribution in [0.1, 0.15) is 32.6 Å². The minimum atomic E-state index is 1.02. The van der Waals surface area contributed by atoms with Crippen LogP contribution in [0.2, 0.25) is 0 Å². The minimum Gasteiger partial charge on any atom is -0.0847 e. The molecule has 0 heteroatoms. The van der Waals surface area contributed by atoms with Gasteiger partial charge in [0.05, 0.1) is 0 Å². The van der Waals surface area contributed by atoms with Crippen LogP contribution in [-0.2, 0) is 0 Å². The number of allylic oxidation sites excluding steroid dienone is 2. The lowest BCUT2D eigenvalue weighted by atomic mass is 9.72. The molecule has 6 aliphatic carbocycles. The van der Waals surface area contributed by atoms with E-state index >= 15 is 0 Å². The maximum atomic E-state index is 2.61. The van der Waals surface area contributed by atoms with Crippen LogP contribution in [0.4, 0.5) is 0 Å². The van der Waals surface area contributed by atoms with E-state index in [9.17, 15) is 0 Å². The van der Waals surface area contributed by atoms with Crippen molar-refractivity contribution in [2.75, 3.05) is 0 Å². The molecule has 6 aliphatic rings. The Balaban J connectivity index is 1.89. The van der Waals surface area contributed by atoms with Crippen molar-refractivity contribution >= 4 is 0 Å². The molecule has 6 atom stereocenters. The fourth-order valence-corrected chi connectivity index (χ4v) is 4.87. The summed E-state index contributed by atoms with van der Waals surface area (Å²) in [5.74, 6) is 6.59. The van der Waals surface area contributed by atoms with Gasteiger partial charge in [0, 0.05) is 0 Å². The molecule has 0 aromatic rings. The van der Waals surface area contributed by atoms with Crippen molar-refractivity contribution in [3.05, 3.63) is 11.6 Å². The Morgan fingerprint density at radius 3 is 3.00 bits per heavy atom. The van der Waals surface area contributed by atoms with Gasteiger partial charge in [-0.05, 0) is 61.2 Å². The summed E-state index contributed by atoms with van der Waals surface area (Å²) in [7, 11) is 0. The zero-order valence-corrected chi connectivity index (χ0v) is 8.37. The highest BCUT2D eigenvalue weighted by Crippen LogP contribution is 2.67. The lowest BCUT2D eigenvalue weighted by Crippen LogP contribution is -2.24. The third kappa shape index (κ3) is 0.742. The Hall–Kier alpha value is -0.260. The molecule has 0 amide bonds.